The number of hydrogen-bond donors (Lipinski definition) is 2. The lowest BCUT2D eigenvalue weighted by Gasteiger charge is -2.31. The van der Waals surface area contributed by atoms with Gasteiger partial charge in [0.25, 0.3) is 0 Å². The van der Waals surface area contributed by atoms with Crippen molar-refractivity contribution < 1.29 is 16.8 Å². The Morgan fingerprint density at radius 1 is 0.478 bits per heavy atom. The lowest BCUT2D eigenvalue weighted by atomic mass is 9.85. The van der Waals surface area contributed by atoms with Crippen molar-refractivity contribution in [2.24, 2.45) is 0 Å². The molecule has 0 aliphatic carbocycles. The fraction of sp³-hybridized carbons (Fsp3) is 0.368. The van der Waals surface area contributed by atoms with Crippen molar-refractivity contribution in [2.75, 3.05) is 0 Å². The van der Waals surface area contributed by atoms with Gasteiger partial charge in [0, 0.05) is 0 Å². The summed E-state index contributed by atoms with van der Waals surface area (Å²) in [5.74, 6) is 0. The highest BCUT2D eigenvalue weighted by atomic mass is 32.2. The van der Waals surface area contributed by atoms with E-state index in [0.717, 1.165) is 11.1 Å². The second-order valence-electron chi connectivity index (χ2n) is 14.4. The average Bonchev–Trinajstić information content (AvgIpc) is 2.94. The first kappa shape index (κ1) is 35.6. The van der Waals surface area contributed by atoms with Crippen molar-refractivity contribution in [3.63, 3.8) is 0 Å². The minimum atomic E-state index is -4.13. The smallest absolute Gasteiger partial charge is 0.207 e. The van der Waals surface area contributed by atoms with Gasteiger partial charge in [0.1, 0.15) is 0 Å². The van der Waals surface area contributed by atoms with Crippen molar-refractivity contribution in [3.05, 3.63) is 129 Å². The van der Waals surface area contributed by atoms with E-state index in [9.17, 15) is 16.8 Å². The molecule has 46 heavy (non-hydrogen) atoms. The number of rotatable bonds is 9. The van der Waals surface area contributed by atoms with Gasteiger partial charge >= 0.3 is 0 Å². The van der Waals surface area contributed by atoms with Crippen LogP contribution in [-0.4, -0.2) is 16.8 Å². The SMILES string of the molecule is Cc1cc(C(C)(C)C)cc(C)c1S(=O)(=O)N[C@H](c1ccccc1)[C@H](NS(=O)(=O)c1c(C)cc(C(C)(C)C)cc1C)c1ccccc1. The molecule has 0 fully saturated rings. The fourth-order valence-corrected chi connectivity index (χ4v) is 9.42. The number of nitrogens with one attached hydrogen (secondary N) is 2. The van der Waals surface area contributed by atoms with Gasteiger partial charge in [-0.1, -0.05) is 126 Å². The summed E-state index contributed by atoms with van der Waals surface area (Å²) < 4.78 is 63.2. The first-order valence-electron chi connectivity index (χ1n) is 15.6. The van der Waals surface area contributed by atoms with Crippen LogP contribution >= 0.6 is 0 Å². The van der Waals surface area contributed by atoms with E-state index in [2.05, 4.69) is 51.0 Å². The van der Waals surface area contributed by atoms with E-state index < -0.39 is 32.1 Å². The predicted molar refractivity (Wildman–Crippen MR) is 188 cm³/mol. The van der Waals surface area contributed by atoms with Crippen molar-refractivity contribution in [1.29, 1.82) is 0 Å². The van der Waals surface area contributed by atoms with Gasteiger partial charge in [0.05, 0.1) is 21.9 Å². The molecule has 4 aromatic rings. The minimum Gasteiger partial charge on any atom is -0.207 e. The van der Waals surface area contributed by atoms with Crippen LogP contribution in [0.1, 0.15) is 98.1 Å². The van der Waals surface area contributed by atoms with Crippen LogP contribution in [0.4, 0.5) is 0 Å². The quantitative estimate of drug-likeness (QED) is 0.189. The predicted octanol–water partition coefficient (Wildman–Crippen LogP) is 8.25. The number of aryl methyl sites for hydroxylation is 4. The number of hydrogen-bond acceptors (Lipinski definition) is 4. The summed E-state index contributed by atoms with van der Waals surface area (Å²) >= 11 is 0. The van der Waals surface area contributed by atoms with Crippen molar-refractivity contribution in [3.8, 4) is 0 Å². The Morgan fingerprint density at radius 2 is 0.739 bits per heavy atom. The van der Waals surface area contributed by atoms with Crippen LogP contribution in [0, 0.1) is 27.7 Å². The lowest BCUT2D eigenvalue weighted by molar-refractivity contribution is 0.465. The number of sulfonamides is 2. The third kappa shape index (κ3) is 7.80. The first-order valence-corrected chi connectivity index (χ1v) is 18.6. The molecule has 0 aliphatic rings. The highest BCUT2D eigenvalue weighted by Gasteiger charge is 2.35. The summed E-state index contributed by atoms with van der Waals surface area (Å²) in [6.45, 7) is 19.8. The summed E-state index contributed by atoms with van der Waals surface area (Å²) in [4.78, 5) is 0.390. The molecule has 0 aliphatic heterocycles. The van der Waals surface area contributed by atoms with E-state index in [4.69, 9.17) is 0 Å². The lowest BCUT2D eigenvalue weighted by Crippen LogP contribution is -2.41. The van der Waals surface area contributed by atoms with Gasteiger partial charge in [-0.2, -0.15) is 0 Å². The molecule has 0 saturated carbocycles. The fourth-order valence-electron chi connectivity index (χ4n) is 6.04. The maximum Gasteiger partial charge on any atom is 0.241 e. The molecule has 8 heteroatoms. The summed E-state index contributed by atoms with van der Waals surface area (Å²) in [7, 11) is -8.26. The molecular weight excluding hydrogens is 613 g/mol. The van der Waals surface area contributed by atoms with Gasteiger partial charge in [0.15, 0.2) is 0 Å². The summed E-state index contributed by atoms with van der Waals surface area (Å²) in [5, 5.41) is 0. The third-order valence-corrected chi connectivity index (χ3v) is 11.9. The van der Waals surface area contributed by atoms with Gasteiger partial charge in [-0.05, 0) is 83.0 Å². The molecule has 6 nitrogen and oxygen atoms in total. The monoisotopic (exact) mass is 660 g/mol. The molecule has 0 unspecified atom stereocenters. The Labute approximate surface area is 276 Å². The molecule has 4 rings (SSSR count). The molecule has 0 radical (unpaired) electrons. The highest BCUT2D eigenvalue weighted by molar-refractivity contribution is 7.90. The van der Waals surface area contributed by atoms with Crippen molar-refractivity contribution in [1.82, 2.24) is 9.44 Å². The second-order valence-corrected chi connectivity index (χ2v) is 17.7. The van der Waals surface area contributed by atoms with Gasteiger partial charge in [-0.25, -0.2) is 26.3 Å². The summed E-state index contributed by atoms with van der Waals surface area (Å²) in [6, 6.07) is 24.0. The average molecular weight is 661 g/mol. The minimum absolute atomic E-state index is 0.157. The molecule has 0 bridgehead atoms. The molecule has 0 spiro atoms. The Bertz CT molecular complexity index is 1730. The Balaban J connectivity index is 1.88. The van der Waals surface area contributed by atoms with E-state index in [-0.39, 0.29) is 20.6 Å². The Hall–Kier alpha value is -3.30. The molecule has 2 atom stereocenters. The Morgan fingerprint density at radius 3 is 0.978 bits per heavy atom. The topological polar surface area (TPSA) is 92.3 Å². The van der Waals surface area contributed by atoms with E-state index >= 15 is 0 Å². The first-order chi connectivity index (χ1) is 21.2. The van der Waals surface area contributed by atoms with E-state index in [0.29, 0.717) is 33.4 Å². The number of benzene rings is 4. The van der Waals surface area contributed by atoms with Crippen LogP contribution in [0.15, 0.2) is 94.7 Å². The van der Waals surface area contributed by atoms with Crippen LogP contribution in [0.25, 0.3) is 0 Å². The van der Waals surface area contributed by atoms with Crippen molar-refractivity contribution >= 4 is 20.0 Å². The van der Waals surface area contributed by atoms with E-state index in [1.54, 1.807) is 27.7 Å². The maximum atomic E-state index is 14.3. The van der Waals surface area contributed by atoms with Gasteiger partial charge < -0.3 is 0 Å². The van der Waals surface area contributed by atoms with E-state index in [1.807, 2.05) is 84.9 Å². The van der Waals surface area contributed by atoms with Crippen LogP contribution in [0.3, 0.4) is 0 Å². The van der Waals surface area contributed by atoms with Crippen LogP contribution in [-0.2, 0) is 30.9 Å². The molecular formula is C38H48N2O4S2. The van der Waals surface area contributed by atoms with Gasteiger partial charge in [-0.3, -0.25) is 0 Å². The van der Waals surface area contributed by atoms with Crippen LogP contribution < -0.4 is 9.44 Å². The molecule has 4 aromatic carbocycles. The zero-order chi connectivity index (χ0) is 34.2. The molecule has 0 saturated heterocycles. The zero-order valence-electron chi connectivity index (χ0n) is 28.7. The molecule has 0 aromatic heterocycles. The van der Waals surface area contributed by atoms with E-state index in [1.165, 1.54) is 0 Å². The largest absolute Gasteiger partial charge is 0.241 e. The van der Waals surface area contributed by atoms with Crippen LogP contribution in [0.5, 0.6) is 0 Å². The standard InChI is InChI=1S/C38H48N2O4S2/c1-25-21-31(37(5,6)7)22-26(2)35(25)45(41,42)39-33(29-17-13-11-14-18-29)34(30-19-15-12-16-20-30)40-46(43,44)36-27(3)23-32(24-28(36)4)38(8,9)10/h11-24,33-34,39-40H,1-10H3/t33-,34-/m1/s1. The molecule has 2 N–H and O–H groups in total. The summed E-state index contributed by atoms with van der Waals surface area (Å²) in [5.41, 5.74) is 5.54. The molecule has 0 heterocycles. The molecule has 0 amide bonds. The van der Waals surface area contributed by atoms with Crippen molar-refractivity contribution in [2.45, 2.75) is 102 Å². The normalized spacial score (nSPS) is 14.2. The molecule has 246 valence electrons. The van der Waals surface area contributed by atoms with Gasteiger partial charge in [-0.15, -0.1) is 0 Å². The third-order valence-electron chi connectivity index (χ3n) is 8.41. The second kappa shape index (κ2) is 13.1. The summed E-state index contributed by atoms with van der Waals surface area (Å²) in [6.07, 6.45) is 0. The zero-order valence-corrected chi connectivity index (χ0v) is 30.3. The highest BCUT2D eigenvalue weighted by Crippen LogP contribution is 2.36. The van der Waals surface area contributed by atoms with Crippen LogP contribution in [0.2, 0.25) is 0 Å². The Kier molecular flexibility index (Phi) is 10.1. The van der Waals surface area contributed by atoms with Gasteiger partial charge in [0.2, 0.25) is 20.0 Å². The maximum absolute atomic E-state index is 14.3.